The lowest BCUT2D eigenvalue weighted by Crippen LogP contribution is -2.03. The fraction of sp³-hybridized carbons (Fsp3) is 0. The Hall–Kier alpha value is -6.04. The van der Waals surface area contributed by atoms with Crippen LogP contribution in [0.25, 0.3) is 103 Å². The summed E-state index contributed by atoms with van der Waals surface area (Å²) in [5.41, 5.74) is 6.85. The molecular weight excluding hydrogens is 595 g/mol. The minimum atomic E-state index is 0.659. The van der Waals surface area contributed by atoms with Crippen LogP contribution in [-0.2, 0) is 0 Å². The first kappa shape index (κ1) is 25.2. The minimum absolute atomic E-state index is 0.659. The van der Waals surface area contributed by atoms with Gasteiger partial charge in [-0.25, -0.2) is 9.97 Å². The second-order valence-electron chi connectivity index (χ2n) is 12.1. The van der Waals surface area contributed by atoms with Gasteiger partial charge in [-0.3, -0.25) is 4.57 Å². The number of para-hydroxylation sites is 2. The van der Waals surface area contributed by atoms with E-state index in [1.807, 2.05) is 23.5 Å². The number of hydrogen-bond donors (Lipinski definition) is 0. The van der Waals surface area contributed by atoms with Gasteiger partial charge in [-0.15, -0.1) is 11.3 Å². The molecule has 47 heavy (non-hydrogen) atoms. The zero-order valence-corrected chi connectivity index (χ0v) is 25.8. The Labute approximate surface area is 271 Å². The smallest absolute Gasteiger partial charge is 0.235 e. The minimum Gasteiger partial charge on any atom is -0.456 e. The molecule has 0 saturated heterocycles. The highest BCUT2D eigenvalue weighted by Crippen LogP contribution is 2.45. The van der Waals surface area contributed by atoms with Crippen molar-refractivity contribution in [3.05, 3.63) is 140 Å². The molecule has 11 aromatic rings. The van der Waals surface area contributed by atoms with E-state index in [2.05, 4.69) is 132 Å². The van der Waals surface area contributed by atoms with Crippen LogP contribution in [0.4, 0.5) is 0 Å². The second-order valence-corrected chi connectivity index (χ2v) is 13.2. The van der Waals surface area contributed by atoms with Crippen LogP contribution in [0.1, 0.15) is 0 Å². The van der Waals surface area contributed by atoms with Crippen LogP contribution in [0, 0.1) is 0 Å². The monoisotopic (exact) mass is 617 g/mol. The van der Waals surface area contributed by atoms with Gasteiger partial charge in [-0.1, -0.05) is 97.1 Å². The lowest BCUT2D eigenvalue weighted by atomic mass is 9.98. The molecule has 0 amide bonds. The summed E-state index contributed by atoms with van der Waals surface area (Å²) in [6, 6.07) is 49.3. The average Bonchev–Trinajstić information content (AvgIpc) is 3.79. The molecule has 4 nitrogen and oxygen atoms in total. The maximum absolute atomic E-state index is 6.41. The highest BCUT2D eigenvalue weighted by Gasteiger charge is 2.22. The summed E-state index contributed by atoms with van der Waals surface area (Å²) in [7, 11) is 0. The predicted molar refractivity (Wildman–Crippen MR) is 197 cm³/mol. The highest BCUT2D eigenvalue weighted by atomic mass is 32.1. The van der Waals surface area contributed by atoms with E-state index in [-0.39, 0.29) is 0 Å². The lowest BCUT2D eigenvalue weighted by Gasteiger charge is -2.12. The average molecular weight is 618 g/mol. The Morgan fingerprint density at radius 1 is 0.489 bits per heavy atom. The Morgan fingerprint density at radius 2 is 1.26 bits per heavy atom. The maximum atomic E-state index is 6.41. The van der Waals surface area contributed by atoms with E-state index in [0.717, 1.165) is 55.1 Å². The van der Waals surface area contributed by atoms with Crippen molar-refractivity contribution < 1.29 is 4.42 Å². The van der Waals surface area contributed by atoms with Crippen LogP contribution < -0.4 is 0 Å². The Balaban J connectivity index is 1.37. The molecule has 0 N–H and O–H groups in total. The number of benzene rings is 7. The number of rotatable bonds is 2. The number of nitrogens with zero attached hydrogens (tertiary/aromatic N) is 3. The molecule has 0 fully saturated rings. The van der Waals surface area contributed by atoms with E-state index in [4.69, 9.17) is 14.4 Å². The van der Waals surface area contributed by atoms with Crippen molar-refractivity contribution >= 4 is 96.9 Å². The molecule has 4 aromatic heterocycles. The van der Waals surface area contributed by atoms with Gasteiger partial charge in [0.1, 0.15) is 11.2 Å². The highest BCUT2D eigenvalue weighted by molar-refractivity contribution is 7.25. The van der Waals surface area contributed by atoms with Crippen molar-refractivity contribution in [1.29, 1.82) is 0 Å². The van der Waals surface area contributed by atoms with E-state index in [9.17, 15) is 0 Å². The topological polar surface area (TPSA) is 43.9 Å². The third kappa shape index (κ3) is 3.46. The van der Waals surface area contributed by atoms with Gasteiger partial charge in [-0.05, 0) is 47.9 Å². The van der Waals surface area contributed by atoms with E-state index in [1.165, 1.54) is 41.7 Å². The first-order chi connectivity index (χ1) is 23.3. The third-order valence-corrected chi connectivity index (χ3v) is 10.7. The van der Waals surface area contributed by atoms with Gasteiger partial charge in [0, 0.05) is 58.1 Å². The summed E-state index contributed by atoms with van der Waals surface area (Å²) in [5.74, 6) is 0.659. The summed E-state index contributed by atoms with van der Waals surface area (Å²) in [6.45, 7) is 0. The number of thiophene rings is 1. The van der Waals surface area contributed by atoms with E-state index < -0.39 is 0 Å². The van der Waals surface area contributed by atoms with Gasteiger partial charge in [0.2, 0.25) is 5.95 Å². The van der Waals surface area contributed by atoms with Crippen LogP contribution in [0.5, 0.6) is 0 Å². The molecule has 4 heterocycles. The summed E-state index contributed by atoms with van der Waals surface area (Å²) in [5, 5.41) is 10.6. The molecule has 0 atom stereocenters. The van der Waals surface area contributed by atoms with Crippen LogP contribution in [0.15, 0.2) is 144 Å². The van der Waals surface area contributed by atoms with Crippen LogP contribution >= 0.6 is 11.3 Å². The van der Waals surface area contributed by atoms with Crippen molar-refractivity contribution in [2.75, 3.05) is 0 Å². The zero-order valence-electron chi connectivity index (χ0n) is 24.9. The molecule has 0 bridgehead atoms. The molecule has 11 rings (SSSR count). The number of furan rings is 1. The fourth-order valence-electron chi connectivity index (χ4n) is 7.55. The normalized spacial score (nSPS) is 12.3. The first-order valence-corrected chi connectivity index (χ1v) is 16.6. The van der Waals surface area contributed by atoms with Crippen LogP contribution in [0.2, 0.25) is 0 Å². The van der Waals surface area contributed by atoms with Gasteiger partial charge in [0.25, 0.3) is 0 Å². The van der Waals surface area contributed by atoms with Crippen LogP contribution in [0.3, 0.4) is 0 Å². The van der Waals surface area contributed by atoms with Gasteiger partial charge in [-0.2, -0.15) is 0 Å². The van der Waals surface area contributed by atoms with Crippen molar-refractivity contribution in [3.63, 3.8) is 0 Å². The fourth-order valence-corrected chi connectivity index (χ4v) is 8.67. The summed E-state index contributed by atoms with van der Waals surface area (Å²) >= 11 is 1.83. The predicted octanol–water partition coefficient (Wildman–Crippen LogP) is 11.8. The quantitative estimate of drug-likeness (QED) is 0.194. The molecule has 0 aliphatic carbocycles. The Bertz CT molecular complexity index is 3080. The molecular formula is C42H23N3OS. The molecule has 0 spiro atoms. The Kier molecular flexibility index (Phi) is 4.96. The third-order valence-electron chi connectivity index (χ3n) is 9.59. The largest absolute Gasteiger partial charge is 0.456 e. The number of fused-ring (bicyclic) bond motifs is 13. The van der Waals surface area contributed by atoms with E-state index in [1.54, 1.807) is 0 Å². The molecule has 0 aliphatic rings. The molecule has 5 heteroatoms. The van der Waals surface area contributed by atoms with Gasteiger partial charge in [0.05, 0.1) is 22.2 Å². The van der Waals surface area contributed by atoms with Gasteiger partial charge in [0.15, 0.2) is 0 Å². The van der Waals surface area contributed by atoms with Crippen molar-refractivity contribution in [1.82, 2.24) is 14.5 Å². The summed E-state index contributed by atoms with van der Waals surface area (Å²) in [6.07, 6.45) is 0. The molecule has 0 unspecified atom stereocenters. The molecule has 7 aromatic carbocycles. The maximum Gasteiger partial charge on any atom is 0.235 e. The van der Waals surface area contributed by atoms with Crippen molar-refractivity contribution in [2.24, 2.45) is 0 Å². The summed E-state index contributed by atoms with van der Waals surface area (Å²) in [4.78, 5) is 10.6. The molecule has 0 saturated carbocycles. The SMILES string of the molecule is c1ccc(-c2nc(-n3c4cc5sc6ccccc6c5cc4c4c5c(ccc6oc7ccccc7c65)ccc43)nc3ccccc23)cc1. The lowest BCUT2D eigenvalue weighted by molar-refractivity contribution is 0.669. The number of hydrogen-bond acceptors (Lipinski definition) is 4. The molecule has 0 aliphatic heterocycles. The van der Waals surface area contributed by atoms with Crippen LogP contribution in [-0.4, -0.2) is 14.5 Å². The second kappa shape index (κ2) is 9.25. The summed E-state index contributed by atoms with van der Waals surface area (Å²) < 4.78 is 11.2. The van der Waals surface area contributed by atoms with Crippen molar-refractivity contribution in [2.45, 2.75) is 0 Å². The van der Waals surface area contributed by atoms with E-state index in [0.29, 0.717) is 5.95 Å². The first-order valence-electron chi connectivity index (χ1n) is 15.8. The van der Waals surface area contributed by atoms with E-state index >= 15 is 0 Å². The standard InChI is InChI=1S/C42H23N3OS/c1-2-10-25(11-3-1)41-27-13-4-7-15-31(27)43-42(44-41)45-32-20-18-24-19-21-35-40(28-14-5-8-16-34(28)46-35)38(24)39(32)30-22-29-26-12-6-9-17-36(26)47-37(29)23-33(30)45/h1-23H. The van der Waals surface area contributed by atoms with Gasteiger partial charge >= 0.3 is 0 Å². The molecule has 0 radical (unpaired) electrons. The number of aromatic nitrogens is 3. The zero-order chi connectivity index (χ0) is 30.6. The van der Waals surface area contributed by atoms with Gasteiger partial charge < -0.3 is 4.42 Å². The molecule has 218 valence electrons. The van der Waals surface area contributed by atoms with Crippen molar-refractivity contribution in [3.8, 4) is 17.2 Å². The Morgan fingerprint density at radius 3 is 2.17 bits per heavy atom.